The summed E-state index contributed by atoms with van der Waals surface area (Å²) < 4.78 is 21.2. The Balaban J connectivity index is 1.27. The molecular weight excluding hydrogens is 493 g/mol. The van der Waals surface area contributed by atoms with E-state index in [0.29, 0.717) is 10.5 Å². The first-order chi connectivity index (χ1) is 17.2. The molecule has 0 bridgehead atoms. The van der Waals surface area contributed by atoms with Crippen LogP contribution in [0, 0.1) is 25.1 Å². The number of anilines is 1. The second kappa shape index (κ2) is 8.70. The minimum absolute atomic E-state index is 0.183. The Morgan fingerprint density at radius 1 is 1.14 bits per heavy atom. The topological polar surface area (TPSA) is 42.2 Å². The Bertz CT molecular complexity index is 1490. The van der Waals surface area contributed by atoms with E-state index in [-0.39, 0.29) is 17.2 Å². The van der Waals surface area contributed by atoms with Crippen molar-refractivity contribution in [2.75, 3.05) is 18.0 Å². The third kappa shape index (κ3) is 3.86. The van der Waals surface area contributed by atoms with Crippen molar-refractivity contribution >= 4 is 43.9 Å². The molecule has 1 aliphatic heterocycles. The van der Waals surface area contributed by atoms with Crippen molar-refractivity contribution in [2.45, 2.75) is 52.9 Å². The Morgan fingerprint density at radius 3 is 2.58 bits per heavy atom. The van der Waals surface area contributed by atoms with Gasteiger partial charge in [0.05, 0.1) is 9.72 Å². The van der Waals surface area contributed by atoms with Crippen molar-refractivity contribution in [3.05, 3.63) is 69.7 Å². The smallest absolute Gasteiger partial charge is 0.186 e. The molecule has 0 radical (unpaired) electrons. The summed E-state index contributed by atoms with van der Waals surface area (Å²) in [7, 11) is 0. The lowest BCUT2D eigenvalue weighted by molar-refractivity contribution is 0.277. The standard InChI is InChI=1S/C29H29ClFN3OS/c1-16(2)27-24(26(33-35-27)23-18(4)6-5-7-20(23)30)19-14-29(15-19)8-10-34(11-9-29)28-32-25-21(31)12-17(3)13-22(25)36-28/h5-7,12-14,16H,8-11,15H2,1-4H3. The highest BCUT2D eigenvalue weighted by Gasteiger charge is 2.42. The van der Waals surface area contributed by atoms with Crippen LogP contribution in [0.4, 0.5) is 9.52 Å². The Hall–Kier alpha value is -2.70. The molecule has 2 aliphatic rings. The van der Waals surface area contributed by atoms with Crippen molar-refractivity contribution in [2.24, 2.45) is 5.41 Å². The predicted molar refractivity (Wildman–Crippen MR) is 147 cm³/mol. The van der Waals surface area contributed by atoms with Gasteiger partial charge >= 0.3 is 0 Å². The molecule has 0 atom stereocenters. The van der Waals surface area contributed by atoms with E-state index in [2.05, 4.69) is 48.0 Å². The van der Waals surface area contributed by atoms with Gasteiger partial charge in [-0.05, 0) is 73.4 Å². The van der Waals surface area contributed by atoms with E-state index in [1.54, 1.807) is 17.4 Å². The normalized spacial score (nSPS) is 17.2. The summed E-state index contributed by atoms with van der Waals surface area (Å²) in [5, 5.41) is 6.13. The third-order valence-electron chi connectivity index (χ3n) is 7.66. The van der Waals surface area contributed by atoms with E-state index in [9.17, 15) is 4.39 Å². The number of fused-ring (bicyclic) bond motifs is 1. The van der Waals surface area contributed by atoms with Gasteiger partial charge in [-0.15, -0.1) is 0 Å². The number of aromatic nitrogens is 2. The number of hydrogen-bond acceptors (Lipinski definition) is 5. The van der Waals surface area contributed by atoms with Crippen LogP contribution in [0.15, 0.2) is 40.9 Å². The number of thiazole rings is 1. The number of aryl methyl sites for hydroxylation is 2. The fourth-order valence-corrected chi connectivity index (χ4v) is 7.14. The lowest BCUT2D eigenvalue weighted by Crippen LogP contribution is -2.42. The highest BCUT2D eigenvalue weighted by atomic mass is 35.5. The van der Waals surface area contributed by atoms with E-state index in [0.717, 1.165) is 75.9 Å². The molecule has 2 aromatic carbocycles. The maximum atomic E-state index is 14.4. The van der Waals surface area contributed by atoms with E-state index in [1.165, 1.54) is 5.57 Å². The molecule has 6 rings (SSSR count). The van der Waals surface area contributed by atoms with E-state index in [1.807, 2.05) is 25.1 Å². The van der Waals surface area contributed by atoms with Gasteiger partial charge < -0.3 is 9.42 Å². The molecule has 2 aromatic heterocycles. The summed E-state index contributed by atoms with van der Waals surface area (Å²) in [5.41, 5.74) is 6.93. The maximum absolute atomic E-state index is 14.4. The molecule has 4 nitrogen and oxygen atoms in total. The number of nitrogens with zero attached hydrogens (tertiary/aromatic N) is 3. The van der Waals surface area contributed by atoms with Crippen molar-refractivity contribution in [3.63, 3.8) is 0 Å². The van der Waals surface area contributed by atoms with Crippen LogP contribution in [0.5, 0.6) is 0 Å². The maximum Gasteiger partial charge on any atom is 0.186 e. The average Bonchev–Trinajstić information content (AvgIpc) is 3.42. The van der Waals surface area contributed by atoms with Gasteiger partial charge in [-0.25, -0.2) is 9.37 Å². The van der Waals surface area contributed by atoms with Crippen molar-refractivity contribution in [1.29, 1.82) is 0 Å². The molecule has 0 amide bonds. The number of allylic oxidation sites excluding steroid dienone is 2. The highest BCUT2D eigenvalue weighted by Crippen LogP contribution is 2.54. The number of piperidine rings is 1. The molecule has 1 saturated heterocycles. The summed E-state index contributed by atoms with van der Waals surface area (Å²) >= 11 is 8.21. The number of hydrogen-bond donors (Lipinski definition) is 0. The average molecular weight is 522 g/mol. The minimum Gasteiger partial charge on any atom is -0.360 e. The summed E-state index contributed by atoms with van der Waals surface area (Å²) in [4.78, 5) is 6.95. The molecule has 3 heterocycles. The molecule has 1 aliphatic carbocycles. The second-order valence-electron chi connectivity index (χ2n) is 10.6. The van der Waals surface area contributed by atoms with Gasteiger partial charge in [-0.1, -0.05) is 60.2 Å². The summed E-state index contributed by atoms with van der Waals surface area (Å²) in [5.74, 6) is 0.924. The molecule has 7 heteroatoms. The van der Waals surface area contributed by atoms with Gasteiger partial charge in [0, 0.05) is 30.1 Å². The van der Waals surface area contributed by atoms with E-state index >= 15 is 0 Å². The molecule has 4 aromatic rings. The molecule has 1 fully saturated rings. The van der Waals surface area contributed by atoms with Crippen molar-refractivity contribution in [1.82, 2.24) is 10.1 Å². The van der Waals surface area contributed by atoms with E-state index < -0.39 is 0 Å². The second-order valence-corrected chi connectivity index (χ2v) is 12.1. The van der Waals surface area contributed by atoms with Crippen molar-refractivity contribution < 1.29 is 8.91 Å². The van der Waals surface area contributed by atoms with Crippen LogP contribution in [0.2, 0.25) is 5.02 Å². The molecule has 0 saturated carbocycles. The highest BCUT2D eigenvalue weighted by molar-refractivity contribution is 7.22. The van der Waals surface area contributed by atoms with Gasteiger partial charge in [0.1, 0.15) is 17.0 Å². The Morgan fingerprint density at radius 2 is 1.89 bits per heavy atom. The number of halogens is 2. The van der Waals surface area contributed by atoms with Crippen LogP contribution < -0.4 is 4.90 Å². The zero-order valence-electron chi connectivity index (χ0n) is 21.0. The van der Waals surface area contributed by atoms with Gasteiger partial charge in [-0.2, -0.15) is 0 Å². The monoisotopic (exact) mass is 521 g/mol. The first-order valence-corrected chi connectivity index (χ1v) is 13.7. The van der Waals surface area contributed by atoms with Gasteiger partial charge in [-0.3, -0.25) is 0 Å². The lowest BCUT2D eigenvalue weighted by atomic mass is 9.63. The molecule has 0 unspecified atom stereocenters. The molecule has 1 spiro atoms. The Labute approximate surface area is 219 Å². The SMILES string of the molecule is Cc1cc(F)c2nc(N3CCC4(C=C(c5c(-c6c(C)cccc6Cl)noc5C(C)C)C4)CC3)sc2c1. The fourth-order valence-electron chi connectivity index (χ4n) is 5.70. The third-order valence-corrected chi connectivity index (χ3v) is 9.04. The van der Waals surface area contributed by atoms with E-state index in [4.69, 9.17) is 16.1 Å². The first kappa shape index (κ1) is 23.7. The van der Waals surface area contributed by atoms with Crippen LogP contribution >= 0.6 is 22.9 Å². The Kier molecular flexibility index (Phi) is 5.73. The largest absolute Gasteiger partial charge is 0.360 e. The van der Waals surface area contributed by atoms with Crippen LogP contribution in [0.1, 0.15) is 61.5 Å². The van der Waals surface area contributed by atoms with Crippen LogP contribution in [-0.4, -0.2) is 23.2 Å². The molecule has 186 valence electrons. The lowest BCUT2D eigenvalue weighted by Gasteiger charge is -2.46. The quantitative estimate of drug-likeness (QED) is 0.270. The fraction of sp³-hybridized carbons (Fsp3) is 0.379. The first-order valence-electron chi connectivity index (χ1n) is 12.5. The molecule has 36 heavy (non-hydrogen) atoms. The predicted octanol–water partition coefficient (Wildman–Crippen LogP) is 8.56. The summed E-state index contributed by atoms with van der Waals surface area (Å²) in [6.45, 7) is 10.1. The van der Waals surface area contributed by atoms with Crippen molar-refractivity contribution in [3.8, 4) is 11.3 Å². The van der Waals surface area contributed by atoms with Gasteiger partial charge in [0.2, 0.25) is 0 Å². The minimum atomic E-state index is -0.230. The zero-order valence-corrected chi connectivity index (χ0v) is 22.6. The molecular formula is C29H29ClFN3OS. The molecule has 0 N–H and O–H groups in total. The van der Waals surface area contributed by atoms with Gasteiger partial charge in [0.15, 0.2) is 10.9 Å². The van der Waals surface area contributed by atoms with Crippen LogP contribution in [0.3, 0.4) is 0 Å². The summed E-state index contributed by atoms with van der Waals surface area (Å²) in [6, 6.07) is 9.54. The number of benzene rings is 2. The van der Waals surface area contributed by atoms with Gasteiger partial charge in [0.25, 0.3) is 0 Å². The van der Waals surface area contributed by atoms with Crippen LogP contribution in [-0.2, 0) is 0 Å². The number of rotatable bonds is 4. The van der Waals surface area contributed by atoms with Crippen LogP contribution in [0.25, 0.3) is 27.0 Å². The zero-order chi connectivity index (χ0) is 25.2. The summed E-state index contributed by atoms with van der Waals surface area (Å²) in [6.07, 6.45) is 5.55.